The summed E-state index contributed by atoms with van der Waals surface area (Å²) < 4.78 is 0. The molecule has 1 amide bonds. The van der Waals surface area contributed by atoms with Crippen LogP contribution in [0, 0.1) is 11.8 Å². The van der Waals surface area contributed by atoms with Crippen LogP contribution < -0.4 is 5.32 Å². The molecule has 4 nitrogen and oxygen atoms in total. The van der Waals surface area contributed by atoms with Gasteiger partial charge in [-0.25, -0.2) is 0 Å². The van der Waals surface area contributed by atoms with Crippen molar-refractivity contribution in [3.8, 4) is 0 Å². The van der Waals surface area contributed by atoms with Gasteiger partial charge in [0.2, 0.25) is 5.91 Å². The van der Waals surface area contributed by atoms with Crippen molar-refractivity contribution in [3.05, 3.63) is 0 Å². The molecule has 0 aromatic heterocycles. The molecule has 0 radical (unpaired) electrons. The molecule has 1 unspecified atom stereocenters. The molecule has 0 aromatic rings. The number of hydrogen-bond donors (Lipinski definition) is 2. The number of carboxylic acid groups (broad SMARTS) is 1. The second-order valence-corrected chi connectivity index (χ2v) is 6.34. The monoisotopic (exact) mass is 297 g/mol. The van der Waals surface area contributed by atoms with Crippen molar-refractivity contribution < 1.29 is 14.7 Å². The summed E-state index contributed by atoms with van der Waals surface area (Å²) in [7, 11) is 0. The van der Waals surface area contributed by atoms with Gasteiger partial charge in [0.25, 0.3) is 0 Å². The molecule has 0 aromatic carbocycles. The van der Waals surface area contributed by atoms with Crippen LogP contribution in [0.2, 0.25) is 0 Å². The van der Waals surface area contributed by atoms with Crippen molar-refractivity contribution in [1.82, 2.24) is 5.32 Å². The minimum absolute atomic E-state index is 0.159. The molecular weight excluding hydrogens is 266 g/mol. The van der Waals surface area contributed by atoms with Crippen LogP contribution in [0.25, 0.3) is 0 Å². The number of amides is 1. The summed E-state index contributed by atoms with van der Waals surface area (Å²) in [5, 5.41) is 11.6. The summed E-state index contributed by atoms with van der Waals surface area (Å²) in [6.07, 6.45) is 11.2. The fourth-order valence-electron chi connectivity index (χ4n) is 3.22. The van der Waals surface area contributed by atoms with E-state index < -0.39 is 5.97 Å². The Morgan fingerprint density at radius 1 is 1.14 bits per heavy atom. The Hall–Kier alpha value is -1.06. The van der Waals surface area contributed by atoms with E-state index in [2.05, 4.69) is 12.2 Å². The normalized spacial score (nSPS) is 17.4. The molecule has 0 saturated heterocycles. The van der Waals surface area contributed by atoms with E-state index >= 15 is 0 Å². The fraction of sp³-hybridized carbons (Fsp3) is 0.882. The third kappa shape index (κ3) is 8.08. The highest BCUT2D eigenvalue weighted by molar-refractivity contribution is 5.78. The Labute approximate surface area is 128 Å². The Bertz CT molecular complexity index is 311. The van der Waals surface area contributed by atoms with Gasteiger partial charge in [0.05, 0.1) is 0 Å². The highest BCUT2D eigenvalue weighted by Crippen LogP contribution is 2.30. The summed E-state index contributed by atoms with van der Waals surface area (Å²) in [5.41, 5.74) is 0. The molecule has 1 aliphatic rings. The molecule has 0 bridgehead atoms. The van der Waals surface area contributed by atoms with Crippen molar-refractivity contribution in [2.24, 2.45) is 11.8 Å². The standard InChI is InChI=1S/C17H31NO3/c1-2-15(13-14-9-5-3-6-10-14)17(21)18-12-8-4-7-11-16(19)20/h14-15H,2-13H2,1H3,(H,18,21)(H,19,20). The Morgan fingerprint density at radius 2 is 1.86 bits per heavy atom. The van der Waals surface area contributed by atoms with E-state index in [-0.39, 0.29) is 18.2 Å². The maximum absolute atomic E-state index is 12.2. The average Bonchev–Trinajstić information content (AvgIpc) is 2.48. The van der Waals surface area contributed by atoms with Crippen LogP contribution >= 0.6 is 0 Å². The zero-order chi connectivity index (χ0) is 15.5. The van der Waals surface area contributed by atoms with E-state index in [0.717, 1.165) is 31.6 Å². The molecule has 1 fully saturated rings. The number of carbonyl (C=O) groups is 2. The van der Waals surface area contributed by atoms with Gasteiger partial charge in [-0.2, -0.15) is 0 Å². The zero-order valence-corrected chi connectivity index (χ0v) is 13.4. The van der Waals surface area contributed by atoms with Crippen LogP contribution in [0.4, 0.5) is 0 Å². The van der Waals surface area contributed by atoms with Crippen molar-refractivity contribution in [2.45, 2.75) is 77.6 Å². The second kappa shape index (κ2) is 10.6. The molecule has 1 atom stereocenters. The van der Waals surface area contributed by atoms with Crippen LogP contribution in [0.15, 0.2) is 0 Å². The highest BCUT2D eigenvalue weighted by atomic mass is 16.4. The van der Waals surface area contributed by atoms with E-state index in [1.165, 1.54) is 32.1 Å². The number of aliphatic carboxylic acids is 1. The number of unbranched alkanes of at least 4 members (excludes halogenated alkanes) is 2. The summed E-state index contributed by atoms with van der Waals surface area (Å²) in [6, 6.07) is 0. The van der Waals surface area contributed by atoms with Gasteiger partial charge >= 0.3 is 5.97 Å². The van der Waals surface area contributed by atoms with Gasteiger partial charge in [0.1, 0.15) is 0 Å². The van der Waals surface area contributed by atoms with Gasteiger partial charge in [0, 0.05) is 18.9 Å². The van der Waals surface area contributed by atoms with Crippen LogP contribution in [0.5, 0.6) is 0 Å². The first-order chi connectivity index (χ1) is 10.1. The lowest BCUT2D eigenvalue weighted by atomic mass is 9.82. The van der Waals surface area contributed by atoms with Gasteiger partial charge in [0.15, 0.2) is 0 Å². The number of hydrogen-bond acceptors (Lipinski definition) is 2. The summed E-state index contributed by atoms with van der Waals surface area (Å²) >= 11 is 0. The van der Waals surface area contributed by atoms with Crippen LogP contribution in [-0.4, -0.2) is 23.5 Å². The Kier molecular flexibility index (Phi) is 9.11. The lowest BCUT2D eigenvalue weighted by Crippen LogP contribution is -2.32. The average molecular weight is 297 g/mol. The van der Waals surface area contributed by atoms with E-state index in [9.17, 15) is 9.59 Å². The number of rotatable bonds is 10. The third-order valence-electron chi connectivity index (χ3n) is 4.57. The molecule has 0 aliphatic heterocycles. The second-order valence-electron chi connectivity index (χ2n) is 6.34. The van der Waals surface area contributed by atoms with Crippen molar-refractivity contribution in [2.75, 3.05) is 6.54 Å². The SMILES string of the molecule is CCC(CC1CCCCC1)C(=O)NCCCCCC(=O)O. The summed E-state index contributed by atoms with van der Waals surface area (Å²) in [6.45, 7) is 2.78. The predicted molar refractivity (Wildman–Crippen MR) is 84.1 cm³/mol. The molecule has 0 spiro atoms. The molecular formula is C17H31NO3. The summed E-state index contributed by atoms with van der Waals surface area (Å²) in [5.74, 6) is 0.357. The van der Waals surface area contributed by atoms with E-state index in [4.69, 9.17) is 5.11 Å². The zero-order valence-electron chi connectivity index (χ0n) is 13.4. The minimum Gasteiger partial charge on any atom is -0.481 e. The van der Waals surface area contributed by atoms with Gasteiger partial charge in [-0.15, -0.1) is 0 Å². The largest absolute Gasteiger partial charge is 0.481 e. The van der Waals surface area contributed by atoms with Crippen LogP contribution in [0.3, 0.4) is 0 Å². The molecule has 21 heavy (non-hydrogen) atoms. The Balaban J connectivity index is 2.14. The molecule has 0 heterocycles. The molecule has 4 heteroatoms. The van der Waals surface area contributed by atoms with Gasteiger partial charge < -0.3 is 10.4 Å². The van der Waals surface area contributed by atoms with Gasteiger partial charge in [-0.05, 0) is 31.6 Å². The predicted octanol–water partition coefficient (Wildman–Crippen LogP) is 3.74. The lowest BCUT2D eigenvalue weighted by Gasteiger charge is -2.25. The van der Waals surface area contributed by atoms with Crippen LogP contribution in [-0.2, 0) is 9.59 Å². The van der Waals surface area contributed by atoms with E-state index in [1.807, 2.05) is 0 Å². The third-order valence-corrected chi connectivity index (χ3v) is 4.57. The lowest BCUT2D eigenvalue weighted by molar-refractivity contribution is -0.137. The van der Waals surface area contributed by atoms with Crippen LogP contribution in [0.1, 0.15) is 77.6 Å². The first-order valence-corrected chi connectivity index (χ1v) is 8.63. The first-order valence-electron chi connectivity index (χ1n) is 8.63. The fourth-order valence-corrected chi connectivity index (χ4v) is 3.22. The molecule has 1 saturated carbocycles. The van der Waals surface area contributed by atoms with Gasteiger partial charge in [-0.3, -0.25) is 9.59 Å². The highest BCUT2D eigenvalue weighted by Gasteiger charge is 2.22. The molecule has 122 valence electrons. The number of nitrogens with one attached hydrogen (secondary N) is 1. The molecule has 2 N–H and O–H groups in total. The molecule has 1 rings (SSSR count). The maximum Gasteiger partial charge on any atom is 0.303 e. The number of carbonyl (C=O) groups excluding carboxylic acids is 1. The minimum atomic E-state index is -0.738. The van der Waals surface area contributed by atoms with E-state index in [0.29, 0.717) is 13.0 Å². The topological polar surface area (TPSA) is 66.4 Å². The molecule has 1 aliphatic carbocycles. The maximum atomic E-state index is 12.2. The van der Waals surface area contributed by atoms with Gasteiger partial charge in [-0.1, -0.05) is 45.4 Å². The quantitative estimate of drug-likeness (QED) is 0.604. The van der Waals surface area contributed by atoms with Crippen molar-refractivity contribution >= 4 is 11.9 Å². The van der Waals surface area contributed by atoms with Crippen molar-refractivity contribution in [1.29, 1.82) is 0 Å². The number of carboxylic acids is 1. The first kappa shape index (κ1) is 18.0. The van der Waals surface area contributed by atoms with E-state index in [1.54, 1.807) is 0 Å². The summed E-state index contributed by atoms with van der Waals surface area (Å²) in [4.78, 5) is 22.6. The smallest absolute Gasteiger partial charge is 0.303 e. The van der Waals surface area contributed by atoms with Crippen molar-refractivity contribution in [3.63, 3.8) is 0 Å². The Morgan fingerprint density at radius 3 is 2.48 bits per heavy atom.